The van der Waals surface area contributed by atoms with Gasteiger partial charge in [-0.25, -0.2) is 18.3 Å². The van der Waals surface area contributed by atoms with E-state index in [4.69, 9.17) is 30.3 Å². The van der Waals surface area contributed by atoms with Gasteiger partial charge in [-0.3, -0.25) is 0 Å². The van der Waals surface area contributed by atoms with Gasteiger partial charge in [0.2, 0.25) is 0 Å². The molecule has 1 aromatic carbocycles. The van der Waals surface area contributed by atoms with Gasteiger partial charge in [0, 0.05) is 44.2 Å². The van der Waals surface area contributed by atoms with Crippen LogP contribution in [0.5, 0.6) is 0 Å². The van der Waals surface area contributed by atoms with Crippen molar-refractivity contribution in [2.45, 2.75) is 62.6 Å². The highest BCUT2D eigenvalue weighted by Crippen LogP contribution is 2.35. The summed E-state index contributed by atoms with van der Waals surface area (Å²) in [6.45, 7) is 2.68. The van der Waals surface area contributed by atoms with Gasteiger partial charge in [-0.15, -0.1) is 5.10 Å². The number of aliphatic hydroxyl groups excluding tert-OH is 2. The lowest BCUT2D eigenvalue weighted by molar-refractivity contribution is -0.212. The minimum Gasteiger partial charge on any atom is -0.450 e. The Morgan fingerprint density at radius 2 is 1.98 bits per heavy atom. The molecule has 0 radical (unpaired) electrons. The number of nitrogens with zero attached hydrogens (tertiary/aromatic N) is 5. The van der Waals surface area contributed by atoms with Crippen LogP contribution in [0.15, 0.2) is 28.9 Å². The van der Waals surface area contributed by atoms with Gasteiger partial charge in [-0.05, 0) is 31.9 Å². The van der Waals surface area contributed by atoms with Gasteiger partial charge in [0.25, 0.3) is 0 Å². The molecule has 0 spiro atoms. The summed E-state index contributed by atoms with van der Waals surface area (Å²) < 4.78 is 52.4. The smallest absolute Gasteiger partial charge is 0.409 e. The number of hydrogen-bond donors (Lipinski definition) is 2. The fourth-order valence-corrected chi connectivity index (χ4v) is 5.73. The molecule has 2 aromatic heterocycles. The zero-order valence-corrected chi connectivity index (χ0v) is 23.8. The molecule has 42 heavy (non-hydrogen) atoms. The summed E-state index contributed by atoms with van der Waals surface area (Å²) in [6.07, 6.45) is -1.10. The highest BCUT2D eigenvalue weighted by atomic mass is 35.5. The zero-order valence-electron chi connectivity index (χ0n) is 23.0. The predicted molar refractivity (Wildman–Crippen MR) is 143 cm³/mol. The predicted octanol–water partition coefficient (Wildman–Crippen LogP) is 3.12. The Morgan fingerprint density at radius 3 is 2.67 bits per heavy atom. The standard InChI is InChI=1S/C27H32ClF2N5O7/c1-3-40-27(38)34-8-6-14(7-9-34)19-10-15(32-42-19)11-20-26(39-2)24(25(37)21(13-36)41-20)35-12-18(31-33-35)16-4-5-17(28)23(30)22(16)29/h4-5,10,12,14,20-21,24-26,36-37H,3,6-9,11,13H2,1-2H3/t20-,21-,24+,25+,26+/m1/s1. The van der Waals surface area contributed by atoms with Gasteiger partial charge in [0.05, 0.1) is 36.2 Å². The topological polar surface area (TPSA) is 145 Å². The van der Waals surface area contributed by atoms with Crippen LogP contribution in [0.1, 0.15) is 43.2 Å². The SMILES string of the molecule is CCOC(=O)N1CCC(c2cc(C[C@H]3O[C@H](CO)[C@H](O)[C@H](n4cc(-c5ccc(Cl)c(F)c5F)nn4)[C@H]3OC)no2)CC1. The van der Waals surface area contributed by atoms with Crippen LogP contribution in [0, 0.1) is 11.6 Å². The summed E-state index contributed by atoms with van der Waals surface area (Å²) in [5.74, 6) is -1.62. The minimum atomic E-state index is -1.27. The number of hydrogen-bond acceptors (Lipinski definition) is 10. The number of amides is 1. The fourth-order valence-electron chi connectivity index (χ4n) is 5.58. The summed E-state index contributed by atoms with van der Waals surface area (Å²) in [5, 5.41) is 32.9. The molecule has 0 aliphatic carbocycles. The number of aromatic nitrogens is 4. The average Bonchev–Trinajstić information content (AvgIpc) is 3.67. The molecule has 5 rings (SSSR count). The van der Waals surface area contributed by atoms with Crippen molar-refractivity contribution in [2.24, 2.45) is 0 Å². The Hall–Kier alpha value is -3.17. The van der Waals surface area contributed by atoms with Gasteiger partial charge in [0.1, 0.15) is 35.8 Å². The number of likely N-dealkylation sites (tertiary alicyclic amines) is 1. The number of halogens is 3. The van der Waals surface area contributed by atoms with E-state index in [-0.39, 0.29) is 34.7 Å². The lowest BCUT2D eigenvalue weighted by Crippen LogP contribution is -2.57. The third kappa shape index (κ3) is 5.99. The summed E-state index contributed by atoms with van der Waals surface area (Å²) in [5.41, 5.74) is 0.440. The van der Waals surface area contributed by atoms with E-state index >= 15 is 0 Å². The van der Waals surface area contributed by atoms with Gasteiger partial charge < -0.3 is 33.8 Å². The van der Waals surface area contributed by atoms with Crippen molar-refractivity contribution in [1.82, 2.24) is 25.1 Å². The highest BCUT2D eigenvalue weighted by Gasteiger charge is 2.47. The van der Waals surface area contributed by atoms with Crippen LogP contribution >= 0.6 is 11.6 Å². The average molecular weight is 612 g/mol. The molecule has 5 atom stereocenters. The number of ether oxygens (including phenoxy) is 3. The first-order valence-corrected chi connectivity index (χ1v) is 14.0. The van der Waals surface area contributed by atoms with Gasteiger partial charge in [-0.1, -0.05) is 22.0 Å². The zero-order chi connectivity index (χ0) is 30.0. The third-order valence-corrected chi connectivity index (χ3v) is 8.07. The van der Waals surface area contributed by atoms with Crippen molar-refractivity contribution in [3.8, 4) is 11.3 Å². The molecule has 2 saturated heterocycles. The number of rotatable bonds is 8. The van der Waals surface area contributed by atoms with Crippen LogP contribution in [0.25, 0.3) is 11.3 Å². The Bertz CT molecular complexity index is 1380. The summed E-state index contributed by atoms with van der Waals surface area (Å²) in [6, 6.07) is 3.43. The second kappa shape index (κ2) is 13.0. The van der Waals surface area contributed by atoms with Crippen LogP contribution < -0.4 is 0 Å². The molecule has 228 valence electrons. The first kappa shape index (κ1) is 30.3. The Morgan fingerprint density at radius 1 is 1.21 bits per heavy atom. The molecule has 12 nitrogen and oxygen atoms in total. The van der Waals surface area contributed by atoms with Gasteiger partial charge in [-0.2, -0.15) is 0 Å². The van der Waals surface area contributed by atoms with Crippen molar-refractivity contribution in [3.63, 3.8) is 0 Å². The van der Waals surface area contributed by atoms with Crippen molar-refractivity contribution in [1.29, 1.82) is 0 Å². The van der Waals surface area contributed by atoms with Crippen LogP contribution in [0.4, 0.5) is 13.6 Å². The van der Waals surface area contributed by atoms with Crippen LogP contribution in [-0.4, -0.2) is 99.2 Å². The molecule has 1 amide bonds. The van der Waals surface area contributed by atoms with E-state index in [1.807, 2.05) is 6.07 Å². The normalized spacial score (nSPS) is 25.1. The van der Waals surface area contributed by atoms with Gasteiger partial charge >= 0.3 is 6.09 Å². The van der Waals surface area contributed by atoms with E-state index in [1.165, 1.54) is 30.1 Å². The lowest BCUT2D eigenvalue weighted by Gasteiger charge is -2.43. The number of piperidine rings is 1. The second-order valence-corrected chi connectivity index (χ2v) is 10.7. The maximum atomic E-state index is 14.6. The molecule has 0 unspecified atom stereocenters. The van der Waals surface area contributed by atoms with Crippen molar-refractivity contribution in [2.75, 3.05) is 33.4 Å². The fraction of sp³-hybridized carbons (Fsp3) is 0.556. The number of benzene rings is 1. The molecule has 2 fully saturated rings. The quantitative estimate of drug-likeness (QED) is 0.364. The Labute approximate surface area is 245 Å². The molecule has 4 heterocycles. The molecule has 2 aliphatic rings. The first-order chi connectivity index (χ1) is 20.2. The number of carbonyl (C=O) groups excluding carboxylic acids is 1. The van der Waals surface area contributed by atoms with E-state index in [0.29, 0.717) is 44.0 Å². The van der Waals surface area contributed by atoms with Crippen LogP contribution in [0.3, 0.4) is 0 Å². The second-order valence-electron chi connectivity index (χ2n) is 10.3. The summed E-state index contributed by atoms with van der Waals surface area (Å²) >= 11 is 5.67. The van der Waals surface area contributed by atoms with Crippen molar-refractivity contribution < 1.29 is 42.5 Å². The lowest BCUT2D eigenvalue weighted by atomic mass is 9.90. The molecule has 3 aromatic rings. The Kier molecular flexibility index (Phi) is 9.38. The van der Waals surface area contributed by atoms with Crippen molar-refractivity contribution in [3.05, 3.63) is 52.5 Å². The number of aliphatic hydroxyl groups is 2. The molecule has 2 aliphatic heterocycles. The number of carbonyl (C=O) groups is 1. The number of methoxy groups -OCH3 is 1. The molecule has 2 N–H and O–H groups in total. The van der Waals surface area contributed by atoms with Gasteiger partial charge in [0.15, 0.2) is 11.6 Å². The Balaban J connectivity index is 1.32. The van der Waals surface area contributed by atoms with E-state index < -0.39 is 48.7 Å². The molecule has 0 saturated carbocycles. The largest absolute Gasteiger partial charge is 0.450 e. The van der Waals surface area contributed by atoms with E-state index in [9.17, 15) is 23.8 Å². The first-order valence-electron chi connectivity index (χ1n) is 13.7. The third-order valence-electron chi connectivity index (χ3n) is 7.77. The molecule has 0 bridgehead atoms. The monoisotopic (exact) mass is 611 g/mol. The maximum Gasteiger partial charge on any atom is 0.409 e. The summed E-state index contributed by atoms with van der Waals surface area (Å²) in [4.78, 5) is 13.7. The maximum absolute atomic E-state index is 14.6. The van der Waals surface area contributed by atoms with E-state index in [0.717, 1.165) is 0 Å². The van der Waals surface area contributed by atoms with Crippen molar-refractivity contribution >= 4 is 17.7 Å². The molecular weight excluding hydrogens is 580 g/mol. The van der Waals surface area contributed by atoms with Crippen LogP contribution in [0.2, 0.25) is 5.02 Å². The van der Waals surface area contributed by atoms with E-state index in [1.54, 1.807) is 11.8 Å². The summed E-state index contributed by atoms with van der Waals surface area (Å²) in [7, 11) is 1.44. The van der Waals surface area contributed by atoms with Crippen LogP contribution in [-0.2, 0) is 20.6 Å². The minimum absolute atomic E-state index is 0.0175. The molecule has 15 heteroatoms. The van der Waals surface area contributed by atoms with E-state index in [2.05, 4.69) is 15.5 Å². The highest BCUT2D eigenvalue weighted by molar-refractivity contribution is 6.30. The molecular formula is C27H32ClF2N5O7.